The first-order chi connectivity index (χ1) is 14.7. The number of carbonyl (C=O) groups is 1. The van der Waals surface area contributed by atoms with Crippen LogP contribution >= 0.6 is 0 Å². The number of rotatable bonds is 22. The van der Waals surface area contributed by atoms with E-state index in [-0.39, 0.29) is 0 Å². The third-order valence-corrected chi connectivity index (χ3v) is 5.41. The van der Waals surface area contributed by atoms with Gasteiger partial charge in [-0.3, -0.25) is 0 Å². The van der Waals surface area contributed by atoms with Crippen molar-refractivity contribution < 1.29 is 14.3 Å². The summed E-state index contributed by atoms with van der Waals surface area (Å²) >= 11 is 0. The fourth-order valence-corrected chi connectivity index (χ4v) is 3.49. The van der Waals surface area contributed by atoms with Gasteiger partial charge < -0.3 is 9.47 Å². The van der Waals surface area contributed by atoms with E-state index in [2.05, 4.69) is 19.1 Å². The first-order valence-electron chi connectivity index (χ1n) is 13.1. The lowest BCUT2D eigenvalue weighted by Crippen LogP contribution is -2.12. The minimum atomic E-state index is -0.517. The van der Waals surface area contributed by atoms with Crippen LogP contribution in [0.25, 0.3) is 0 Å². The number of ether oxygens (including phenoxy) is 2. The topological polar surface area (TPSA) is 35.5 Å². The van der Waals surface area contributed by atoms with E-state index in [1.165, 1.54) is 103 Å². The van der Waals surface area contributed by atoms with Gasteiger partial charge in [-0.2, -0.15) is 0 Å². The summed E-state index contributed by atoms with van der Waals surface area (Å²) in [7, 11) is 0. The van der Waals surface area contributed by atoms with Gasteiger partial charge in [0, 0.05) is 0 Å². The molecule has 0 aliphatic rings. The summed E-state index contributed by atoms with van der Waals surface area (Å²) in [5.74, 6) is 0.356. The third kappa shape index (κ3) is 25.0. The van der Waals surface area contributed by atoms with Crippen molar-refractivity contribution in [3.63, 3.8) is 0 Å². The number of hydrogen-bond acceptors (Lipinski definition) is 3. The fraction of sp³-hybridized carbons (Fsp3) is 0.889. The van der Waals surface area contributed by atoms with Crippen molar-refractivity contribution in [2.24, 2.45) is 5.92 Å². The Kier molecular flexibility index (Phi) is 23.5. The molecular formula is C27H52O3. The molecule has 0 aromatic rings. The van der Waals surface area contributed by atoms with Crippen molar-refractivity contribution in [2.45, 2.75) is 136 Å². The van der Waals surface area contributed by atoms with Gasteiger partial charge in [-0.15, -0.1) is 0 Å². The third-order valence-electron chi connectivity index (χ3n) is 5.41. The average Bonchev–Trinajstić information content (AvgIpc) is 2.73. The van der Waals surface area contributed by atoms with Gasteiger partial charge in [0.05, 0.1) is 13.2 Å². The average molecular weight is 425 g/mol. The Hall–Kier alpha value is -0.990. The highest BCUT2D eigenvalue weighted by molar-refractivity contribution is 5.59. The fourth-order valence-electron chi connectivity index (χ4n) is 3.49. The van der Waals surface area contributed by atoms with Gasteiger partial charge in [-0.05, 0) is 38.0 Å². The van der Waals surface area contributed by atoms with Crippen molar-refractivity contribution in [1.82, 2.24) is 0 Å². The Balaban J connectivity index is 3.14. The Bertz CT molecular complexity index is 376. The van der Waals surface area contributed by atoms with E-state index in [1.54, 1.807) is 0 Å². The van der Waals surface area contributed by atoms with Crippen molar-refractivity contribution in [3.05, 3.63) is 12.2 Å². The Morgan fingerprint density at radius 3 is 1.53 bits per heavy atom. The second-order valence-corrected chi connectivity index (χ2v) is 9.16. The maximum absolute atomic E-state index is 11.3. The van der Waals surface area contributed by atoms with E-state index in [0.717, 1.165) is 12.8 Å². The first kappa shape index (κ1) is 29.0. The normalized spacial score (nSPS) is 11.5. The van der Waals surface area contributed by atoms with E-state index >= 15 is 0 Å². The van der Waals surface area contributed by atoms with Crippen LogP contribution in [0.15, 0.2) is 12.2 Å². The molecule has 0 rings (SSSR count). The van der Waals surface area contributed by atoms with E-state index in [9.17, 15) is 4.79 Å². The van der Waals surface area contributed by atoms with Gasteiger partial charge >= 0.3 is 6.16 Å². The molecule has 0 aromatic heterocycles. The molecule has 0 aliphatic heterocycles. The molecule has 3 heteroatoms. The Labute approximate surface area is 188 Å². The molecule has 178 valence electrons. The van der Waals surface area contributed by atoms with Gasteiger partial charge in [-0.25, -0.2) is 4.79 Å². The van der Waals surface area contributed by atoms with Crippen molar-refractivity contribution in [3.8, 4) is 0 Å². The summed E-state index contributed by atoms with van der Waals surface area (Å²) in [6, 6.07) is 0. The Morgan fingerprint density at radius 1 is 0.633 bits per heavy atom. The maximum atomic E-state index is 11.3. The highest BCUT2D eigenvalue weighted by atomic mass is 16.7. The molecule has 0 amide bonds. The van der Waals surface area contributed by atoms with Crippen LogP contribution in [0.3, 0.4) is 0 Å². The maximum Gasteiger partial charge on any atom is 0.508 e. The largest absolute Gasteiger partial charge is 0.508 e. The summed E-state index contributed by atoms with van der Waals surface area (Å²) in [5, 5.41) is 0. The van der Waals surface area contributed by atoms with E-state index in [1.807, 2.05) is 13.8 Å². The molecule has 0 heterocycles. The van der Waals surface area contributed by atoms with E-state index < -0.39 is 6.16 Å². The molecule has 0 radical (unpaired) electrons. The molecule has 0 spiro atoms. The minimum Gasteiger partial charge on any atom is -0.434 e. The van der Waals surface area contributed by atoms with Gasteiger partial charge in [0.1, 0.15) is 0 Å². The van der Waals surface area contributed by atoms with Crippen molar-refractivity contribution >= 4 is 6.16 Å². The standard InChI is InChI=1S/C27H52O3/c1-4-5-6-7-8-9-10-11-12-13-14-15-16-17-18-19-20-21-22-23-24-29-27(28)30-25-26(2)3/h11-12,26H,4-10,13-25H2,1-3H3. The van der Waals surface area contributed by atoms with Crippen LogP contribution in [0.1, 0.15) is 136 Å². The van der Waals surface area contributed by atoms with E-state index in [0.29, 0.717) is 19.1 Å². The van der Waals surface area contributed by atoms with Crippen LogP contribution in [0.4, 0.5) is 4.79 Å². The zero-order valence-electron chi connectivity index (χ0n) is 20.6. The quantitative estimate of drug-likeness (QED) is 0.0986. The number of unbranched alkanes of at least 4 members (excludes halogenated alkanes) is 16. The summed E-state index contributed by atoms with van der Waals surface area (Å²) in [4.78, 5) is 11.3. The highest BCUT2D eigenvalue weighted by Crippen LogP contribution is 2.12. The number of carbonyl (C=O) groups excluding carboxylic acids is 1. The van der Waals surface area contributed by atoms with Crippen LogP contribution in [-0.4, -0.2) is 19.4 Å². The molecule has 0 N–H and O–H groups in total. The summed E-state index contributed by atoms with van der Waals surface area (Å²) in [5.41, 5.74) is 0. The van der Waals surface area contributed by atoms with Crippen LogP contribution in [0.5, 0.6) is 0 Å². The first-order valence-corrected chi connectivity index (χ1v) is 13.1. The highest BCUT2D eigenvalue weighted by Gasteiger charge is 2.04. The molecular weight excluding hydrogens is 372 g/mol. The molecule has 0 unspecified atom stereocenters. The molecule has 3 nitrogen and oxygen atoms in total. The predicted molar refractivity (Wildman–Crippen MR) is 130 cm³/mol. The summed E-state index contributed by atoms with van der Waals surface area (Å²) in [6.07, 6.45) is 28.1. The molecule has 0 fully saturated rings. The molecule has 0 aromatic carbocycles. The second-order valence-electron chi connectivity index (χ2n) is 9.16. The number of allylic oxidation sites excluding steroid dienone is 2. The second kappa shape index (κ2) is 24.3. The zero-order chi connectivity index (χ0) is 22.1. The monoisotopic (exact) mass is 424 g/mol. The van der Waals surface area contributed by atoms with Crippen LogP contribution in [0.2, 0.25) is 0 Å². The van der Waals surface area contributed by atoms with Crippen LogP contribution in [-0.2, 0) is 9.47 Å². The summed E-state index contributed by atoms with van der Waals surface area (Å²) in [6.45, 7) is 7.24. The molecule has 0 atom stereocenters. The lowest BCUT2D eigenvalue weighted by atomic mass is 10.1. The predicted octanol–water partition coefficient (Wildman–Crippen LogP) is 9.39. The molecule has 0 bridgehead atoms. The van der Waals surface area contributed by atoms with Crippen LogP contribution < -0.4 is 0 Å². The lowest BCUT2D eigenvalue weighted by Gasteiger charge is -2.07. The lowest BCUT2D eigenvalue weighted by molar-refractivity contribution is 0.0465. The molecule has 0 saturated heterocycles. The van der Waals surface area contributed by atoms with Crippen molar-refractivity contribution in [2.75, 3.05) is 13.2 Å². The smallest absolute Gasteiger partial charge is 0.434 e. The van der Waals surface area contributed by atoms with Gasteiger partial charge in [0.15, 0.2) is 0 Å². The SMILES string of the molecule is CCCCCCCCC=CCCCCCCCCCCCCOC(=O)OCC(C)C. The molecule has 30 heavy (non-hydrogen) atoms. The molecule has 0 aliphatic carbocycles. The van der Waals surface area contributed by atoms with E-state index in [4.69, 9.17) is 9.47 Å². The van der Waals surface area contributed by atoms with Gasteiger partial charge in [0.2, 0.25) is 0 Å². The number of hydrogen-bond donors (Lipinski definition) is 0. The van der Waals surface area contributed by atoms with Gasteiger partial charge in [0.25, 0.3) is 0 Å². The van der Waals surface area contributed by atoms with Gasteiger partial charge in [-0.1, -0.05) is 116 Å². The summed E-state index contributed by atoms with van der Waals surface area (Å²) < 4.78 is 10.0. The molecule has 0 saturated carbocycles. The van der Waals surface area contributed by atoms with Crippen LogP contribution in [0, 0.1) is 5.92 Å². The zero-order valence-corrected chi connectivity index (χ0v) is 20.6. The van der Waals surface area contributed by atoms with Crippen molar-refractivity contribution in [1.29, 1.82) is 0 Å². The Morgan fingerprint density at radius 2 is 1.07 bits per heavy atom. The minimum absolute atomic E-state index is 0.356.